The van der Waals surface area contributed by atoms with Crippen LogP contribution in [0.4, 0.5) is 0 Å². The fourth-order valence-corrected chi connectivity index (χ4v) is 17.9. The van der Waals surface area contributed by atoms with Gasteiger partial charge in [-0.2, -0.15) is 0 Å². The first-order valence-corrected chi connectivity index (χ1v) is 43.8. The highest BCUT2D eigenvalue weighted by Crippen LogP contribution is 2.50. The number of hydrogen-bond acceptors (Lipinski definition) is 24. The van der Waals surface area contributed by atoms with Crippen LogP contribution in [0.3, 0.4) is 0 Å². The Bertz CT molecular complexity index is 4610. The molecule has 24 nitrogen and oxygen atoms in total. The predicted octanol–water partition coefficient (Wildman–Crippen LogP) is 16.8. The number of carbonyl (C=O) groups excluding carboxylic acids is 4. The Hall–Kier alpha value is -7.16. The van der Waals surface area contributed by atoms with Gasteiger partial charge in [-0.05, 0) is 192 Å². The number of rotatable bonds is 28. The number of nitrogens with two attached hydrogens (primary N) is 4. The number of benzene rings is 4. The first kappa shape index (κ1) is 91.6. The van der Waals surface area contributed by atoms with E-state index < -0.39 is 72.4 Å². The molecule has 0 aliphatic carbocycles. The zero-order valence-corrected chi connectivity index (χ0v) is 76.5. The molecule has 24 heteroatoms. The van der Waals surface area contributed by atoms with Crippen LogP contribution in [0.2, 0.25) is 0 Å². The van der Waals surface area contributed by atoms with Crippen molar-refractivity contribution in [3.05, 3.63) is 92.9 Å². The summed E-state index contributed by atoms with van der Waals surface area (Å²) in [4.78, 5) is 60.0. The van der Waals surface area contributed by atoms with Crippen molar-refractivity contribution in [3.8, 4) is 46.0 Å². The molecule has 12 unspecified atom stereocenters. The lowest BCUT2D eigenvalue weighted by molar-refractivity contribution is -0.161. The molecule has 8 aliphatic rings. The second kappa shape index (κ2) is 48.9. The third kappa shape index (κ3) is 26.5. The molecular weight excluding hydrogens is 1570 g/mol. The zero-order valence-electron chi connectivity index (χ0n) is 86.5. The summed E-state index contributed by atoms with van der Waals surface area (Å²) in [5.41, 5.74) is 30.2. The van der Waals surface area contributed by atoms with Crippen molar-refractivity contribution in [1.29, 1.82) is 0 Å². The van der Waals surface area contributed by atoms with Gasteiger partial charge in [-0.1, -0.05) is 140 Å². The third-order valence-electron chi connectivity index (χ3n) is 24.8. The van der Waals surface area contributed by atoms with Gasteiger partial charge in [0.1, 0.15) is 48.5 Å². The third-order valence-corrected chi connectivity index (χ3v) is 24.8. The van der Waals surface area contributed by atoms with E-state index in [0.29, 0.717) is 123 Å². The van der Waals surface area contributed by atoms with Gasteiger partial charge in [0.2, 0.25) is 0 Å². The van der Waals surface area contributed by atoms with Crippen molar-refractivity contribution in [2.45, 2.75) is 290 Å². The van der Waals surface area contributed by atoms with Gasteiger partial charge in [-0.25, -0.2) is 0 Å². The lowest BCUT2D eigenvalue weighted by atomic mass is 9.79. The number of hydrogen-bond donors (Lipinski definition) is 4. The number of nitrogens with zero attached hydrogens (tertiary/aromatic N) is 4. The van der Waals surface area contributed by atoms with Crippen LogP contribution in [0.25, 0.3) is 0 Å². The van der Waals surface area contributed by atoms with Crippen LogP contribution in [-0.2, 0) is 63.8 Å². The molecule has 12 rings (SSSR count). The average molecular weight is 1750 g/mol. The lowest BCUT2D eigenvalue weighted by Crippen LogP contribution is -2.51. The van der Waals surface area contributed by atoms with Crippen molar-refractivity contribution in [1.82, 2.24) is 19.6 Å². The molecule has 4 fully saturated rings. The van der Waals surface area contributed by atoms with E-state index in [1.165, 1.54) is 42.7 Å². The van der Waals surface area contributed by atoms with E-state index in [9.17, 15) is 24.7 Å². The van der Waals surface area contributed by atoms with Gasteiger partial charge in [-0.15, -0.1) is 0 Å². The second-order valence-electron chi connectivity index (χ2n) is 36.8. The first-order chi connectivity index (χ1) is 60.9. The molecule has 0 radical (unpaired) electrons. The monoisotopic (exact) mass is 1750 g/mol. The van der Waals surface area contributed by atoms with Gasteiger partial charge in [0.05, 0.1) is 70.6 Å². The quantitative estimate of drug-likeness (QED) is 0.0303. The first-order valence-electron chi connectivity index (χ1n) is 48.8. The van der Waals surface area contributed by atoms with Crippen LogP contribution in [0.15, 0.2) is 48.4 Å². The molecule has 8 aliphatic heterocycles. The topological polar surface area (TPSA) is 296 Å². The second-order valence-corrected chi connectivity index (χ2v) is 36.8. The zero-order chi connectivity index (χ0) is 96.9. The van der Waals surface area contributed by atoms with Crippen LogP contribution in [0.5, 0.6) is 46.0 Å². The fourth-order valence-electron chi connectivity index (χ4n) is 17.9. The Balaban J connectivity index is 0.000000313. The van der Waals surface area contributed by atoms with E-state index in [1.807, 2.05) is 67.5 Å². The van der Waals surface area contributed by atoms with E-state index in [0.717, 1.165) is 73.0 Å². The summed E-state index contributed by atoms with van der Waals surface area (Å²) >= 11 is 0. The minimum atomic E-state index is -1.53. The van der Waals surface area contributed by atoms with Crippen LogP contribution >= 0.6 is 0 Å². The minimum Gasteiger partial charge on any atom is -0.493 e. The fraction of sp³-hybridized carbons (Fsp3) is 0.720. The van der Waals surface area contributed by atoms with Crippen LogP contribution in [0.1, 0.15) is 274 Å². The van der Waals surface area contributed by atoms with Gasteiger partial charge < -0.3 is 79.8 Å². The number of fused-ring (bicyclic) bond motifs is 12. The van der Waals surface area contributed by atoms with Crippen molar-refractivity contribution < 1.29 is 89.7 Å². The molecule has 0 bridgehead atoms. The minimum absolute atomic E-state index is 0. The number of carbonyl (C=O) groups is 4. The molecule has 4 aromatic rings. The summed E-state index contributed by atoms with van der Waals surface area (Å²) in [5.74, 6) is 1.93. The number of piperidine rings is 4. The van der Waals surface area contributed by atoms with Gasteiger partial charge in [0.25, 0.3) is 0 Å². The Kier molecular flexibility index (Phi) is 36.1. The SMILES string of the molecule is C.C.C.C.[2H]C1(OC(=O)[C@@H](N)C(C)C)CC2([2H])c3cc(OC)c(OC)cc3CCN2CC1CC(C)C.[2H]c1c2c(c([2H])c(OC)c1OC)C1([2H])CC(OC(=O)[C@@H](N)C(C)C)C(CC(C)C)CN1CC2.[2H]c1c2c(c([2H])c(OC)c1OC)C1CC(OC(=O)[C@@H](N)C(C)C)C(CC(C)C)CN1CC2.[2H]c1c2c(c([2H])c(OC)c1OC)C1CC([2H])(OC(=O)[C@@H](N)C(C)C)C(CC(C)C)CN1CC2. The summed E-state index contributed by atoms with van der Waals surface area (Å²) in [5, 5.41) is 0. The summed E-state index contributed by atoms with van der Waals surface area (Å²) in [6.45, 7) is 37.4. The number of ether oxygens (including phenoxy) is 12. The van der Waals surface area contributed by atoms with Crippen LogP contribution in [-0.4, -0.2) is 201 Å². The van der Waals surface area contributed by atoms with E-state index in [1.54, 1.807) is 14.2 Å². The van der Waals surface area contributed by atoms with Crippen molar-refractivity contribution in [2.24, 2.45) is 93.9 Å². The normalized spacial score (nSPS) is 27.6. The van der Waals surface area contributed by atoms with Crippen molar-refractivity contribution in [3.63, 3.8) is 0 Å². The lowest BCUT2D eigenvalue weighted by Gasteiger charge is -2.47. The van der Waals surface area contributed by atoms with Crippen LogP contribution in [0, 0.1) is 71.0 Å². The molecule has 0 amide bonds. The molecule has 16 atom stereocenters. The number of methoxy groups -OCH3 is 8. The smallest absolute Gasteiger partial charge is 0.323 e. The highest BCUT2D eigenvalue weighted by Gasteiger charge is 2.48. The Morgan fingerprint density at radius 2 is 0.613 bits per heavy atom. The Morgan fingerprint density at radius 3 is 0.984 bits per heavy atom. The molecule has 0 spiro atoms. The van der Waals surface area contributed by atoms with Crippen LogP contribution < -0.4 is 60.8 Å². The van der Waals surface area contributed by atoms with E-state index in [-0.39, 0.29) is 185 Å². The maximum Gasteiger partial charge on any atom is 0.323 e. The van der Waals surface area contributed by atoms with Crippen molar-refractivity contribution >= 4 is 23.9 Å². The summed E-state index contributed by atoms with van der Waals surface area (Å²) in [6.07, 6.45) is 3.24. The van der Waals surface area contributed by atoms with Gasteiger partial charge in [0.15, 0.2) is 46.0 Å². The maximum absolute atomic E-state index is 12.8. The van der Waals surface area contributed by atoms with E-state index >= 15 is 0 Å². The van der Waals surface area contributed by atoms with E-state index in [2.05, 4.69) is 75.0 Å². The molecule has 4 saturated heterocycles. The highest BCUT2D eigenvalue weighted by atomic mass is 16.6. The molecule has 8 N–H and O–H groups in total. The standard InChI is InChI=1S/4C24H38N2O4.4CH4/c4*1-14(2)9-17-13-26-8-7-16-10-21(28-5)22(29-6)11-18(16)19(26)12-20(17)30-24(27)23(25)15(3)4;;;;/h4*10-11,14-15,17,19-20,23H,7-9,12-13,25H2,1-6H3;4*1H4/t4*17?,19?,20?,23-;;;;/m0000..../s1/i10D,11D,20D;10D,11D,19D;19D,20D;10D,11D;;;;. The molecule has 704 valence electrons. The Labute approximate surface area is 762 Å². The molecule has 0 saturated carbocycles. The molecule has 124 heavy (non-hydrogen) atoms. The van der Waals surface area contributed by atoms with Gasteiger partial charge in [-0.3, -0.25) is 38.8 Å². The molecule has 0 aromatic heterocycles. The Morgan fingerprint density at radius 1 is 0.339 bits per heavy atom. The summed E-state index contributed by atoms with van der Waals surface area (Å²) in [7, 11) is 12.0. The highest BCUT2D eigenvalue weighted by molar-refractivity contribution is 5.77. The predicted molar refractivity (Wildman–Crippen MR) is 498 cm³/mol. The summed E-state index contributed by atoms with van der Waals surface area (Å²) in [6, 6.07) is -0.967. The van der Waals surface area contributed by atoms with Gasteiger partial charge in [0, 0.05) is 126 Å². The average Bonchev–Trinajstić information content (AvgIpc) is 0.716. The molecule has 4 aromatic carbocycles. The molecular formula is C100H168N8O16. The number of esters is 4. The largest absolute Gasteiger partial charge is 0.493 e. The van der Waals surface area contributed by atoms with Crippen molar-refractivity contribution in [2.75, 3.05) is 109 Å². The molecule has 8 heterocycles. The summed E-state index contributed by atoms with van der Waals surface area (Å²) < 4.78 is 157. The maximum atomic E-state index is 12.8. The van der Waals surface area contributed by atoms with E-state index in [4.69, 9.17) is 88.0 Å². The van der Waals surface area contributed by atoms with Gasteiger partial charge >= 0.3 is 23.9 Å².